The fourth-order valence-corrected chi connectivity index (χ4v) is 3.01. The van der Waals surface area contributed by atoms with Crippen LogP contribution in [0.5, 0.6) is 0 Å². The molecular formula is C20H37N7O8. The van der Waals surface area contributed by atoms with Crippen LogP contribution < -0.4 is 38.9 Å². The molecule has 0 aromatic heterocycles. The Morgan fingerprint density at radius 3 is 1.63 bits per heavy atom. The predicted molar refractivity (Wildman–Crippen MR) is 123 cm³/mol. The Kier molecular flexibility index (Phi) is 15.6. The quantitative estimate of drug-likeness (QED) is 0.0778. The highest BCUT2D eigenvalue weighted by atomic mass is 16.4. The number of primary amides is 1. The summed E-state index contributed by atoms with van der Waals surface area (Å²) < 4.78 is 0. The Balaban J connectivity index is 5.48. The molecule has 0 aliphatic heterocycles. The number of carbonyl (C=O) groups excluding carboxylic acids is 4. The minimum absolute atomic E-state index is 0.0318. The molecule has 13 N–H and O–H groups in total. The predicted octanol–water partition coefficient (Wildman–Crippen LogP) is -3.54. The number of rotatable bonds is 19. The van der Waals surface area contributed by atoms with Crippen molar-refractivity contribution in [1.82, 2.24) is 16.0 Å². The number of carboxylic acids is 2. The van der Waals surface area contributed by atoms with E-state index in [1.165, 1.54) is 0 Å². The van der Waals surface area contributed by atoms with Gasteiger partial charge in [-0.15, -0.1) is 0 Å². The highest BCUT2D eigenvalue weighted by Crippen LogP contribution is 2.06. The van der Waals surface area contributed by atoms with Gasteiger partial charge in [0.2, 0.25) is 23.6 Å². The van der Waals surface area contributed by atoms with Crippen molar-refractivity contribution in [3.63, 3.8) is 0 Å². The van der Waals surface area contributed by atoms with Crippen molar-refractivity contribution in [2.45, 2.75) is 75.5 Å². The summed E-state index contributed by atoms with van der Waals surface area (Å²) in [7, 11) is 0. The summed E-state index contributed by atoms with van der Waals surface area (Å²) >= 11 is 0. The minimum Gasteiger partial charge on any atom is -0.481 e. The highest BCUT2D eigenvalue weighted by molar-refractivity contribution is 5.96. The van der Waals surface area contributed by atoms with E-state index in [4.69, 9.17) is 33.1 Å². The van der Waals surface area contributed by atoms with Crippen molar-refractivity contribution in [3.8, 4) is 0 Å². The molecule has 4 amide bonds. The van der Waals surface area contributed by atoms with Crippen molar-refractivity contribution in [3.05, 3.63) is 0 Å². The van der Waals surface area contributed by atoms with Crippen LogP contribution in [0.1, 0.15) is 51.4 Å². The number of unbranched alkanes of at least 4 members (excludes halogenated alkanes) is 2. The Bertz CT molecular complexity index is 749. The van der Waals surface area contributed by atoms with Gasteiger partial charge in [-0.05, 0) is 45.2 Å². The summed E-state index contributed by atoms with van der Waals surface area (Å²) in [6.07, 6.45) is 0.921. The van der Waals surface area contributed by atoms with Crippen LogP contribution in [-0.2, 0) is 28.8 Å². The van der Waals surface area contributed by atoms with E-state index in [0.717, 1.165) is 0 Å². The summed E-state index contributed by atoms with van der Waals surface area (Å²) in [5.74, 6) is -6.52. The molecule has 15 heteroatoms. The monoisotopic (exact) mass is 503 g/mol. The number of aliphatic carboxylic acids is 2. The van der Waals surface area contributed by atoms with Gasteiger partial charge in [0.05, 0.1) is 18.9 Å². The molecule has 0 rings (SSSR count). The number of hydrogen-bond acceptors (Lipinski definition) is 9. The van der Waals surface area contributed by atoms with Crippen LogP contribution in [0.25, 0.3) is 0 Å². The fourth-order valence-electron chi connectivity index (χ4n) is 3.01. The lowest BCUT2D eigenvalue weighted by Gasteiger charge is -2.24. The Labute approximate surface area is 202 Å². The van der Waals surface area contributed by atoms with Crippen LogP contribution >= 0.6 is 0 Å². The molecular weight excluding hydrogens is 466 g/mol. The topological polar surface area (TPSA) is 283 Å². The van der Waals surface area contributed by atoms with Crippen LogP contribution in [0.4, 0.5) is 0 Å². The van der Waals surface area contributed by atoms with Crippen molar-refractivity contribution >= 4 is 35.6 Å². The van der Waals surface area contributed by atoms with Crippen molar-refractivity contribution in [2.24, 2.45) is 22.9 Å². The first-order valence-electron chi connectivity index (χ1n) is 11.2. The summed E-state index contributed by atoms with van der Waals surface area (Å²) in [6.45, 7) is 0.714. The number of nitrogens with one attached hydrogen (secondary N) is 3. The maximum atomic E-state index is 12.8. The van der Waals surface area contributed by atoms with E-state index < -0.39 is 72.6 Å². The second kappa shape index (κ2) is 17.2. The molecule has 200 valence electrons. The van der Waals surface area contributed by atoms with Crippen LogP contribution in [0.3, 0.4) is 0 Å². The van der Waals surface area contributed by atoms with E-state index >= 15 is 0 Å². The molecule has 0 fully saturated rings. The average molecular weight is 504 g/mol. The lowest BCUT2D eigenvalue weighted by molar-refractivity contribution is -0.147. The molecule has 0 saturated heterocycles. The first-order valence-corrected chi connectivity index (χ1v) is 11.2. The molecule has 0 spiro atoms. The third-order valence-electron chi connectivity index (χ3n) is 4.92. The van der Waals surface area contributed by atoms with E-state index in [1.54, 1.807) is 0 Å². The molecule has 0 radical (unpaired) electrons. The van der Waals surface area contributed by atoms with E-state index in [1.807, 2.05) is 0 Å². The molecule has 0 aromatic rings. The van der Waals surface area contributed by atoms with Crippen molar-refractivity contribution in [2.75, 3.05) is 13.1 Å². The Morgan fingerprint density at radius 2 is 1.14 bits per heavy atom. The zero-order valence-corrected chi connectivity index (χ0v) is 19.5. The molecule has 0 aliphatic rings. The SMILES string of the molecule is NCCCCC(N)C(=O)NC(CC(N)=O)C(=O)NC(CCCCN)C(=O)NC(CC(=O)O)C(=O)O. The van der Waals surface area contributed by atoms with Gasteiger partial charge in [0, 0.05) is 0 Å². The van der Waals surface area contributed by atoms with Gasteiger partial charge in [-0.1, -0.05) is 6.42 Å². The van der Waals surface area contributed by atoms with Gasteiger partial charge in [0.1, 0.15) is 18.1 Å². The number of carbonyl (C=O) groups is 6. The third-order valence-corrected chi connectivity index (χ3v) is 4.92. The van der Waals surface area contributed by atoms with Crippen LogP contribution in [0.15, 0.2) is 0 Å². The maximum absolute atomic E-state index is 12.8. The zero-order valence-electron chi connectivity index (χ0n) is 19.5. The molecule has 0 aliphatic carbocycles. The van der Waals surface area contributed by atoms with Crippen LogP contribution in [-0.4, -0.2) is 83.0 Å². The van der Waals surface area contributed by atoms with Gasteiger partial charge in [0.15, 0.2) is 0 Å². The van der Waals surface area contributed by atoms with Gasteiger partial charge in [-0.3, -0.25) is 24.0 Å². The summed E-state index contributed by atoms with van der Waals surface area (Å²) in [5.41, 5.74) is 21.8. The van der Waals surface area contributed by atoms with E-state index in [-0.39, 0.29) is 12.8 Å². The van der Waals surface area contributed by atoms with Gasteiger partial charge in [-0.25, -0.2) is 4.79 Å². The second-order valence-corrected chi connectivity index (χ2v) is 7.97. The molecule has 0 aromatic carbocycles. The Morgan fingerprint density at radius 1 is 0.657 bits per heavy atom. The second-order valence-electron chi connectivity index (χ2n) is 7.97. The Hall–Kier alpha value is -3.30. The van der Waals surface area contributed by atoms with E-state index in [9.17, 15) is 28.8 Å². The zero-order chi connectivity index (χ0) is 27.0. The van der Waals surface area contributed by atoms with Gasteiger partial charge >= 0.3 is 11.9 Å². The number of carboxylic acid groups (broad SMARTS) is 2. The molecule has 35 heavy (non-hydrogen) atoms. The summed E-state index contributed by atoms with van der Waals surface area (Å²) in [6, 6.07) is -5.45. The lowest BCUT2D eigenvalue weighted by Crippen LogP contribution is -2.57. The molecule has 0 heterocycles. The number of nitrogens with two attached hydrogens (primary N) is 4. The first-order chi connectivity index (χ1) is 16.4. The summed E-state index contributed by atoms with van der Waals surface area (Å²) in [5, 5.41) is 24.8. The number of hydrogen-bond donors (Lipinski definition) is 9. The smallest absolute Gasteiger partial charge is 0.326 e. The lowest BCUT2D eigenvalue weighted by atomic mass is 10.1. The molecule has 4 unspecified atom stereocenters. The molecule has 0 saturated carbocycles. The number of amides is 4. The largest absolute Gasteiger partial charge is 0.481 e. The highest BCUT2D eigenvalue weighted by Gasteiger charge is 2.31. The van der Waals surface area contributed by atoms with E-state index in [2.05, 4.69) is 16.0 Å². The molecule has 15 nitrogen and oxygen atoms in total. The van der Waals surface area contributed by atoms with Crippen molar-refractivity contribution < 1.29 is 39.0 Å². The minimum atomic E-state index is -1.73. The molecule has 4 atom stereocenters. The van der Waals surface area contributed by atoms with Crippen LogP contribution in [0, 0.1) is 0 Å². The van der Waals surface area contributed by atoms with Gasteiger partial charge in [-0.2, -0.15) is 0 Å². The van der Waals surface area contributed by atoms with Gasteiger partial charge in [0.25, 0.3) is 0 Å². The molecule has 0 bridgehead atoms. The first kappa shape index (κ1) is 31.7. The van der Waals surface area contributed by atoms with E-state index in [0.29, 0.717) is 38.8 Å². The van der Waals surface area contributed by atoms with Gasteiger partial charge < -0.3 is 49.1 Å². The maximum Gasteiger partial charge on any atom is 0.326 e. The summed E-state index contributed by atoms with van der Waals surface area (Å²) in [4.78, 5) is 71.5. The standard InChI is InChI=1S/C20H37N7O8/c21-7-3-1-5-11(23)17(31)26-13(9-15(24)28)19(33)25-12(6-2-4-8-22)18(32)27-14(20(34)35)10-16(29)30/h11-14H,1-10,21-23H2,(H2,24,28)(H,25,33)(H,26,31)(H,27,32)(H,29,30)(H,34,35). The average Bonchev–Trinajstić information content (AvgIpc) is 2.76. The van der Waals surface area contributed by atoms with Crippen molar-refractivity contribution in [1.29, 1.82) is 0 Å². The third kappa shape index (κ3) is 13.9. The fraction of sp³-hybridized carbons (Fsp3) is 0.700. The van der Waals surface area contributed by atoms with Crippen LogP contribution in [0.2, 0.25) is 0 Å². The normalized spacial score (nSPS) is 14.1.